The van der Waals surface area contributed by atoms with Crippen molar-refractivity contribution in [2.45, 2.75) is 20.3 Å². The van der Waals surface area contributed by atoms with Crippen molar-refractivity contribution in [1.29, 1.82) is 0 Å². The number of nitrogens with zero attached hydrogens (tertiary/aromatic N) is 5. The second kappa shape index (κ2) is 10.2. The smallest absolute Gasteiger partial charge is 0.348 e. The number of methoxy groups -OCH3 is 1. The van der Waals surface area contributed by atoms with Crippen LogP contribution in [0.15, 0.2) is 24.3 Å². The van der Waals surface area contributed by atoms with E-state index in [0.29, 0.717) is 47.5 Å². The first-order valence-electron chi connectivity index (χ1n) is 11.1. The van der Waals surface area contributed by atoms with E-state index in [0.717, 1.165) is 16.6 Å². The predicted octanol–water partition coefficient (Wildman–Crippen LogP) is 3.13. The zero-order chi connectivity index (χ0) is 25.1. The molecule has 3 heterocycles. The molecule has 0 aliphatic carbocycles. The van der Waals surface area contributed by atoms with Crippen LogP contribution >= 0.6 is 11.3 Å². The van der Waals surface area contributed by atoms with E-state index in [1.165, 1.54) is 30.6 Å². The van der Waals surface area contributed by atoms with E-state index in [1.807, 2.05) is 6.92 Å². The van der Waals surface area contributed by atoms with Crippen molar-refractivity contribution in [3.8, 4) is 0 Å². The van der Waals surface area contributed by atoms with Crippen molar-refractivity contribution in [2.75, 3.05) is 49.7 Å². The van der Waals surface area contributed by atoms with Gasteiger partial charge in [0.1, 0.15) is 27.8 Å². The van der Waals surface area contributed by atoms with Crippen LogP contribution < -0.4 is 9.80 Å². The van der Waals surface area contributed by atoms with Crippen molar-refractivity contribution in [3.63, 3.8) is 0 Å². The summed E-state index contributed by atoms with van der Waals surface area (Å²) in [6.07, 6.45) is -0.0755. The monoisotopic (exact) mass is 499 g/mol. The molecule has 11 nitrogen and oxygen atoms in total. The molecule has 0 spiro atoms. The van der Waals surface area contributed by atoms with E-state index in [-0.39, 0.29) is 18.7 Å². The summed E-state index contributed by atoms with van der Waals surface area (Å²) in [5, 5.41) is 11.7. The summed E-state index contributed by atoms with van der Waals surface area (Å²) in [5.41, 5.74) is 1.71. The van der Waals surface area contributed by atoms with Crippen LogP contribution in [-0.2, 0) is 20.7 Å². The molecule has 0 atom stereocenters. The van der Waals surface area contributed by atoms with Crippen molar-refractivity contribution in [2.24, 2.45) is 0 Å². The molecule has 4 rings (SSSR count). The van der Waals surface area contributed by atoms with Crippen LogP contribution in [0, 0.1) is 17.0 Å². The van der Waals surface area contributed by atoms with Crippen LogP contribution in [0.2, 0.25) is 0 Å². The molecule has 0 unspecified atom stereocenters. The van der Waals surface area contributed by atoms with Gasteiger partial charge < -0.3 is 19.3 Å². The Labute approximate surface area is 205 Å². The lowest BCUT2D eigenvalue weighted by Crippen LogP contribution is -2.47. The number of nitro groups is 1. The van der Waals surface area contributed by atoms with Crippen molar-refractivity contribution in [3.05, 3.63) is 50.6 Å². The van der Waals surface area contributed by atoms with E-state index in [9.17, 15) is 19.7 Å². The van der Waals surface area contributed by atoms with Gasteiger partial charge in [0, 0.05) is 44.0 Å². The van der Waals surface area contributed by atoms with Gasteiger partial charge in [-0.1, -0.05) is 0 Å². The number of hydrogen-bond acceptors (Lipinski definition) is 11. The largest absolute Gasteiger partial charge is 0.469 e. The van der Waals surface area contributed by atoms with Crippen molar-refractivity contribution in [1.82, 2.24) is 9.97 Å². The predicted molar refractivity (Wildman–Crippen MR) is 131 cm³/mol. The van der Waals surface area contributed by atoms with E-state index in [2.05, 4.69) is 14.8 Å². The minimum absolute atomic E-state index is 0.0548. The lowest BCUT2D eigenvalue weighted by molar-refractivity contribution is -0.384. The molecule has 184 valence electrons. The number of benzene rings is 1. The third-order valence-corrected chi connectivity index (χ3v) is 6.98. The number of non-ortho nitro benzene ring substituents is 1. The van der Waals surface area contributed by atoms with Gasteiger partial charge in [0.25, 0.3) is 5.69 Å². The Kier molecular flexibility index (Phi) is 7.10. The maximum absolute atomic E-state index is 12.5. The standard InChI is InChI=1S/C23H25N5O6S/c1-4-34-23(30)20-14(2)19-21(24-17(13-18(29)33-3)25-22(19)35-20)27-11-9-26(10-12-27)15-5-7-16(8-6-15)28(31)32/h5-8H,4,9-13H2,1-3H3. The molecular formula is C23H25N5O6S. The molecule has 0 N–H and O–H groups in total. The van der Waals surface area contributed by atoms with Gasteiger partial charge in [-0.15, -0.1) is 11.3 Å². The first-order chi connectivity index (χ1) is 16.8. The third kappa shape index (κ3) is 5.02. The molecule has 2 aromatic heterocycles. The van der Waals surface area contributed by atoms with Crippen molar-refractivity contribution >= 4 is 50.7 Å². The second-order valence-electron chi connectivity index (χ2n) is 7.92. The summed E-state index contributed by atoms with van der Waals surface area (Å²) in [6.45, 7) is 6.47. The molecule has 0 amide bonds. The topological polar surface area (TPSA) is 128 Å². The highest BCUT2D eigenvalue weighted by molar-refractivity contribution is 7.20. The highest BCUT2D eigenvalue weighted by atomic mass is 32.1. The Morgan fingerprint density at radius 2 is 1.77 bits per heavy atom. The Balaban J connectivity index is 1.64. The van der Waals surface area contributed by atoms with Crippen LogP contribution in [0.1, 0.15) is 28.0 Å². The van der Waals surface area contributed by atoms with Gasteiger partial charge >= 0.3 is 11.9 Å². The number of thiophene rings is 1. The minimum atomic E-state index is -0.447. The summed E-state index contributed by atoms with van der Waals surface area (Å²) >= 11 is 1.23. The van der Waals surface area contributed by atoms with E-state index in [4.69, 9.17) is 14.5 Å². The Bertz CT molecular complexity index is 1270. The highest BCUT2D eigenvalue weighted by Crippen LogP contribution is 2.36. The highest BCUT2D eigenvalue weighted by Gasteiger charge is 2.27. The van der Waals surface area contributed by atoms with E-state index >= 15 is 0 Å². The van der Waals surface area contributed by atoms with Crippen LogP contribution in [0.25, 0.3) is 10.2 Å². The molecule has 0 bridgehead atoms. The number of nitro benzene ring substituents is 1. The number of piperazine rings is 1. The lowest BCUT2D eigenvalue weighted by Gasteiger charge is -2.37. The van der Waals surface area contributed by atoms with Gasteiger partial charge in [-0.2, -0.15) is 0 Å². The molecule has 1 aliphatic heterocycles. The molecule has 1 saturated heterocycles. The maximum atomic E-state index is 12.5. The summed E-state index contributed by atoms with van der Waals surface area (Å²) < 4.78 is 9.99. The number of aryl methyl sites for hydroxylation is 1. The number of ether oxygens (including phenoxy) is 2. The number of anilines is 2. The zero-order valence-corrected chi connectivity index (χ0v) is 20.5. The molecule has 12 heteroatoms. The number of aromatic nitrogens is 2. The molecule has 1 aliphatic rings. The van der Waals surface area contributed by atoms with Gasteiger partial charge in [0.05, 0.1) is 24.0 Å². The third-order valence-electron chi connectivity index (χ3n) is 5.81. The van der Waals surface area contributed by atoms with Crippen molar-refractivity contribution < 1.29 is 24.0 Å². The number of carbonyl (C=O) groups excluding carboxylic acids is 2. The normalized spacial score (nSPS) is 13.7. The van der Waals surface area contributed by atoms with Crippen LogP contribution in [-0.4, -0.2) is 66.7 Å². The fraction of sp³-hybridized carbons (Fsp3) is 0.391. The molecule has 35 heavy (non-hydrogen) atoms. The molecule has 3 aromatic rings. The number of carbonyl (C=O) groups is 2. The number of fused-ring (bicyclic) bond motifs is 1. The Hall–Kier alpha value is -3.80. The first kappa shape index (κ1) is 24.3. The van der Waals surface area contributed by atoms with Gasteiger partial charge in [-0.3, -0.25) is 14.9 Å². The molecule has 0 radical (unpaired) electrons. The fourth-order valence-electron chi connectivity index (χ4n) is 4.02. The molecular weight excluding hydrogens is 474 g/mol. The Morgan fingerprint density at radius 1 is 1.11 bits per heavy atom. The van der Waals surface area contributed by atoms with Gasteiger partial charge in [-0.25, -0.2) is 14.8 Å². The quantitative estimate of drug-likeness (QED) is 0.272. The SMILES string of the molecule is CCOC(=O)c1sc2nc(CC(=O)OC)nc(N3CCN(c4ccc([N+](=O)[O-])cc4)CC3)c2c1C. The molecule has 0 saturated carbocycles. The fourth-order valence-corrected chi connectivity index (χ4v) is 5.11. The molecule has 1 aromatic carbocycles. The van der Waals surface area contributed by atoms with E-state index < -0.39 is 16.9 Å². The van der Waals surface area contributed by atoms with Crippen LogP contribution in [0.3, 0.4) is 0 Å². The summed E-state index contributed by atoms with van der Waals surface area (Å²) in [6, 6.07) is 6.50. The maximum Gasteiger partial charge on any atom is 0.348 e. The number of esters is 2. The second-order valence-corrected chi connectivity index (χ2v) is 8.92. The van der Waals surface area contributed by atoms with Gasteiger partial charge in [0.2, 0.25) is 0 Å². The average molecular weight is 500 g/mol. The lowest BCUT2D eigenvalue weighted by atomic mass is 10.1. The minimum Gasteiger partial charge on any atom is -0.469 e. The average Bonchev–Trinajstić information content (AvgIpc) is 3.20. The zero-order valence-electron chi connectivity index (χ0n) is 19.6. The molecule has 1 fully saturated rings. The van der Waals surface area contributed by atoms with E-state index in [1.54, 1.807) is 19.1 Å². The first-order valence-corrected chi connectivity index (χ1v) is 11.9. The van der Waals surface area contributed by atoms with Gasteiger partial charge in [0.15, 0.2) is 0 Å². The van der Waals surface area contributed by atoms with Gasteiger partial charge in [-0.05, 0) is 31.5 Å². The Morgan fingerprint density at radius 3 is 2.37 bits per heavy atom. The summed E-state index contributed by atoms with van der Waals surface area (Å²) in [5.74, 6) is 0.143. The number of hydrogen-bond donors (Lipinski definition) is 0. The number of rotatable bonds is 7. The summed E-state index contributed by atoms with van der Waals surface area (Å²) in [7, 11) is 1.31. The van der Waals surface area contributed by atoms with Crippen LogP contribution in [0.5, 0.6) is 0 Å². The summed E-state index contributed by atoms with van der Waals surface area (Å²) in [4.78, 5) is 49.5. The van der Waals surface area contributed by atoms with Crippen LogP contribution in [0.4, 0.5) is 17.2 Å².